The van der Waals surface area contributed by atoms with E-state index in [0.29, 0.717) is 11.5 Å². The highest BCUT2D eigenvalue weighted by Crippen LogP contribution is 2.39. The second-order valence-electron chi connectivity index (χ2n) is 5.91. The normalized spacial score (nSPS) is 16.6. The van der Waals surface area contributed by atoms with Crippen molar-refractivity contribution in [2.45, 2.75) is 38.8 Å². The fraction of sp³-hybridized carbons (Fsp3) is 0.467. The van der Waals surface area contributed by atoms with Crippen LogP contribution in [0, 0.1) is 5.41 Å². The van der Waals surface area contributed by atoms with Crippen molar-refractivity contribution in [2.75, 3.05) is 0 Å². The Morgan fingerprint density at radius 1 is 1.46 bits per heavy atom. The van der Waals surface area contributed by atoms with E-state index in [4.69, 9.17) is 9.62 Å². The standard InChI is InChI=1S/C15H19F2N3O4/c1-14(13(21)19-23,15(2,22)12(16)17)6-8-20-7-5-10(18-20)11-4-3-9-24-11/h3-5,7,9,12,22-23H,6,8H2,1-2H3,(H,19,21). The first-order valence-electron chi connectivity index (χ1n) is 7.25. The molecular formula is C15H19F2N3O4. The molecule has 0 saturated heterocycles. The highest BCUT2D eigenvalue weighted by molar-refractivity contribution is 5.82. The minimum Gasteiger partial charge on any atom is -0.463 e. The summed E-state index contributed by atoms with van der Waals surface area (Å²) in [6.45, 7) is 2.11. The molecule has 0 spiro atoms. The summed E-state index contributed by atoms with van der Waals surface area (Å²) in [6.07, 6.45) is -0.241. The smallest absolute Gasteiger partial charge is 0.267 e. The van der Waals surface area contributed by atoms with Crippen molar-refractivity contribution in [3.05, 3.63) is 30.7 Å². The summed E-state index contributed by atoms with van der Waals surface area (Å²) in [7, 11) is 0. The highest BCUT2D eigenvalue weighted by atomic mass is 19.3. The van der Waals surface area contributed by atoms with E-state index >= 15 is 0 Å². The van der Waals surface area contributed by atoms with Gasteiger partial charge in [0.05, 0.1) is 11.7 Å². The molecule has 132 valence electrons. The van der Waals surface area contributed by atoms with E-state index < -0.39 is 23.3 Å². The maximum absolute atomic E-state index is 13.2. The van der Waals surface area contributed by atoms with Crippen LogP contribution in [-0.2, 0) is 11.3 Å². The van der Waals surface area contributed by atoms with Gasteiger partial charge in [-0.2, -0.15) is 5.10 Å². The summed E-state index contributed by atoms with van der Waals surface area (Å²) >= 11 is 0. The Bertz CT molecular complexity index is 685. The van der Waals surface area contributed by atoms with Gasteiger partial charge in [0.2, 0.25) is 0 Å². The summed E-state index contributed by atoms with van der Waals surface area (Å²) in [4.78, 5) is 11.9. The maximum Gasteiger partial charge on any atom is 0.267 e. The number of hydroxylamine groups is 1. The number of carbonyl (C=O) groups is 1. The number of rotatable bonds is 7. The second kappa shape index (κ2) is 6.70. The average molecular weight is 343 g/mol. The lowest BCUT2D eigenvalue weighted by atomic mass is 9.71. The van der Waals surface area contributed by atoms with Crippen LogP contribution in [0.15, 0.2) is 35.1 Å². The number of hydrogen-bond acceptors (Lipinski definition) is 5. The van der Waals surface area contributed by atoms with Crippen molar-refractivity contribution in [1.29, 1.82) is 0 Å². The number of aryl methyl sites for hydroxylation is 1. The molecule has 2 rings (SSSR count). The monoisotopic (exact) mass is 343 g/mol. The number of nitrogens with one attached hydrogen (secondary N) is 1. The number of alkyl halides is 2. The van der Waals surface area contributed by atoms with E-state index in [-0.39, 0.29) is 13.0 Å². The molecule has 0 fully saturated rings. The third-order valence-corrected chi connectivity index (χ3v) is 4.40. The van der Waals surface area contributed by atoms with Crippen LogP contribution in [-0.4, -0.2) is 38.0 Å². The molecular weight excluding hydrogens is 324 g/mol. The Morgan fingerprint density at radius 3 is 2.71 bits per heavy atom. The van der Waals surface area contributed by atoms with Crippen molar-refractivity contribution in [2.24, 2.45) is 5.41 Å². The highest BCUT2D eigenvalue weighted by Gasteiger charge is 2.54. The van der Waals surface area contributed by atoms with Crippen molar-refractivity contribution < 1.29 is 28.3 Å². The molecule has 24 heavy (non-hydrogen) atoms. The van der Waals surface area contributed by atoms with Crippen molar-refractivity contribution in [1.82, 2.24) is 15.3 Å². The van der Waals surface area contributed by atoms with Gasteiger partial charge >= 0.3 is 0 Å². The Labute approximate surface area is 136 Å². The zero-order chi connectivity index (χ0) is 18.0. The predicted molar refractivity (Wildman–Crippen MR) is 79.2 cm³/mol. The molecule has 0 aliphatic rings. The zero-order valence-corrected chi connectivity index (χ0v) is 13.2. The molecule has 2 aromatic heterocycles. The van der Waals surface area contributed by atoms with Gasteiger partial charge in [-0.05, 0) is 38.5 Å². The third kappa shape index (κ3) is 3.17. The summed E-state index contributed by atoms with van der Waals surface area (Å²) in [6, 6.07) is 5.10. The van der Waals surface area contributed by atoms with E-state index in [1.807, 2.05) is 0 Å². The average Bonchev–Trinajstić information content (AvgIpc) is 3.22. The molecule has 2 atom stereocenters. The number of carbonyl (C=O) groups excluding carboxylic acids is 1. The van der Waals surface area contributed by atoms with Crippen LogP contribution in [0.2, 0.25) is 0 Å². The van der Waals surface area contributed by atoms with Gasteiger partial charge in [0.25, 0.3) is 12.3 Å². The molecule has 0 bridgehead atoms. The van der Waals surface area contributed by atoms with Gasteiger partial charge in [0.15, 0.2) is 5.76 Å². The van der Waals surface area contributed by atoms with E-state index in [2.05, 4.69) is 5.10 Å². The van der Waals surface area contributed by atoms with Gasteiger partial charge in [-0.3, -0.25) is 14.7 Å². The Morgan fingerprint density at radius 2 is 2.17 bits per heavy atom. The molecule has 0 aliphatic heterocycles. The van der Waals surface area contributed by atoms with E-state index in [1.54, 1.807) is 24.4 Å². The van der Waals surface area contributed by atoms with Crippen LogP contribution in [0.25, 0.3) is 11.5 Å². The number of aliphatic hydroxyl groups is 1. The van der Waals surface area contributed by atoms with Crippen LogP contribution < -0.4 is 5.48 Å². The van der Waals surface area contributed by atoms with Crippen LogP contribution in [0.4, 0.5) is 8.78 Å². The Kier molecular flexibility index (Phi) is 5.05. The quantitative estimate of drug-likeness (QED) is 0.528. The van der Waals surface area contributed by atoms with Gasteiger partial charge < -0.3 is 9.52 Å². The lowest BCUT2D eigenvalue weighted by molar-refractivity contribution is -0.183. The van der Waals surface area contributed by atoms with Gasteiger partial charge in [-0.15, -0.1) is 0 Å². The second-order valence-corrected chi connectivity index (χ2v) is 5.91. The molecule has 0 aliphatic carbocycles. The molecule has 0 aromatic carbocycles. The Hall–Kier alpha value is -2.26. The summed E-state index contributed by atoms with van der Waals surface area (Å²) in [5, 5.41) is 23.2. The molecule has 2 unspecified atom stereocenters. The molecule has 3 N–H and O–H groups in total. The van der Waals surface area contributed by atoms with Crippen LogP contribution in [0.5, 0.6) is 0 Å². The molecule has 1 amide bonds. The van der Waals surface area contributed by atoms with E-state index in [9.17, 15) is 18.7 Å². The number of amides is 1. The summed E-state index contributed by atoms with van der Waals surface area (Å²) < 4.78 is 33.0. The van der Waals surface area contributed by atoms with Gasteiger partial charge in [-0.1, -0.05) is 0 Å². The number of nitrogens with zero attached hydrogens (tertiary/aromatic N) is 2. The minimum absolute atomic E-state index is 0.0769. The van der Waals surface area contributed by atoms with Gasteiger partial charge in [-0.25, -0.2) is 14.3 Å². The number of hydrogen-bond donors (Lipinski definition) is 3. The summed E-state index contributed by atoms with van der Waals surface area (Å²) in [5.74, 6) is -0.546. The maximum atomic E-state index is 13.2. The number of furan rings is 1. The lowest BCUT2D eigenvalue weighted by Gasteiger charge is -2.40. The minimum atomic E-state index is -3.17. The molecule has 7 nitrogen and oxygen atoms in total. The largest absolute Gasteiger partial charge is 0.463 e. The van der Waals surface area contributed by atoms with Crippen molar-refractivity contribution >= 4 is 5.91 Å². The van der Waals surface area contributed by atoms with E-state index in [0.717, 1.165) is 6.92 Å². The summed E-state index contributed by atoms with van der Waals surface area (Å²) in [5.41, 5.74) is -2.65. The first kappa shape index (κ1) is 18.1. The van der Waals surface area contributed by atoms with Gasteiger partial charge in [0, 0.05) is 12.7 Å². The first-order chi connectivity index (χ1) is 11.2. The van der Waals surface area contributed by atoms with E-state index in [1.165, 1.54) is 23.3 Å². The fourth-order valence-corrected chi connectivity index (χ4v) is 2.34. The zero-order valence-electron chi connectivity index (χ0n) is 13.2. The fourth-order valence-electron chi connectivity index (χ4n) is 2.34. The number of halogens is 2. The number of aromatic nitrogens is 2. The van der Waals surface area contributed by atoms with Crippen LogP contribution >= 0.6 is 0 Å². The third-order valence-electron chi connectivity index (χ3n) is 4.40. The first-order valence-corrected chi connectivity index (χ1v) is 7.25. The molecule has 9 heteroatoms. The SMILES string of the molecule is CC(CCn1ccc(-c2ccco2)n1)(C(=O)NO)C(C)(O)C(F)F. The van der Waals surface area contributed by atoms with Crippen molar-refractivity contribution in [3.63, 3.8) is 0 Å². The van der Waals surface area contributed by atoms with Crippen LogP contribution in [0.3, 0.4) is 0 Å². The topological polar surface area (TPSA) is 101 Å². The van der Waals surface area contributed by atoms with Crippen LogP contribution in [0.1, 0.15) is 20.3 Å². The van der Waals surface area contributed by atoms with Crippen molar-refractivity contribution in [3.8, 4) is 11.5 Å². The van der Waals surface area contributed by atoms with Gasteiger partial charge in [0.1, 0.15) is 11.3 Å². The molecule has 2 heterocycles. The lowest BCUT2D eigenvalue weighted by Crippen LogP contribution is -2.57. The predicted octanol–water partition coefficient (Wildman–Crippen LogP) is 2.06. The molecule has 0 saturated carbocycles. The molecule has 2 aromatic rings. The molecule has 0 radical (unpaired) electrons. The Balaban J connectivity index is 2.18.